The van der Waals surface area contributed by atoms with Crippen LogP contribution in [0.5, 0.6) is 23.0 Å². The molecule has 2 aromatic rings. The molecule has 130 valence electrons. The van der Waals surface area contributed by atoms with Gasteiger partial charge in [-0.15, -0.1) is 0 Å². The second-order valence-electron chi connectivity index (χ2n) is 5.63. The first-order valence-electron chi connectivity index (χ1n) is 8.06. The molecule has 3 rings (SSSR count). The molecule has 0 N–H and O–H groups in total. The Hall–Kier alpha value is -2.95. The topological polar surface area (TPSA) is 54.0 Å². The van der Waals surface area contributed by atoms with Gasteiger partial charge in [-0.1, -0.05) is 13.0 Å². The minimum absolute atomic E-state index is 0.266. The van der Waals surface area contributed by atoms with Crippen molar-refractivity contribution >= 4 is 12.0 Å². The van der Waals surface area contributed by atoms with E-state index >= 15 is 0 Å². The van der Waals surface area contributed by atoms with Crippen molar-refractivity contribution in [3.63, 3.8) is 0 Å². The van der Waals surface area contributed by atoms with Crippen LogP contribution in [-0.2, 0) is 11.2 Å². The maximum atomic E-state index is 11.4. The highest BCUT2D eigenvalue weighted by molar-refractivity contribution is 5.72. The van der Waals surface area contributed by atoms with Crippen molar-refractivity contribution in [3.8, 4) is 23.0 Å². The van der Waals surface area contributed by atoms with Crippen molar-refractivity contribution in [1.82, 2.24) is 0 Å². The van der Waals surface area contributed by atoms with E-state index in [2.05, 4.69) is 0 Å². The molecule has 0 atom stereocenters. The summed E-state index contributed by atoms with van der Waals surface area (Å²) in [6.07, 6.45) is 2.96. The quantitative estimate of drug-likeness (QED) is 0.608. The van der Waals surface area contributed by atoms with Gasteiger partial charge in [0.1, 0.15) is 28.8 Å². The fraction of sp³-hybridized carbons (Fsp3) is 0.250. The van der Waals surface area contributed by atoms with Crippen molar-refractivity contribution in [2.45, 2.75) is 19.8 Å². The van der Waals surface area contributed by atoms with Crippen molar-refractivity contribution in [3.05, 3.63) is 53.3 Å². The number of hydrogen-bond donors (Lipinski definition) is 0. The zero-order valence-electron chi connectivity index (χ0n) is 14.5. The number of allylic oxidation sites excluding steroid dienone is 1. The Bertz CT molecular complexity index is 801. The maximum absolute atomic E-state index is 11.4. The Balaban J connectivity index is 1.81. The second kappa shape index (κ2) is 7.30. The maximum Gasteiger partial charge on any atom is 0.310 e. The number of ether oxygens (including phenoxy) is 4. The molecule has 0 saturated heterocycles. The van der Waals surface area contributed by atoms with Crippen molar-refractivity contribution in [1.29, 1.82) is 0 Å². The second-order valence-corrected chi connectivity index (χ2v) is 5.63. The normalized spacial score (nSPS) is 14.0. The van der Waals surface area contributed by atoms with Crippen molar-refractivity contribution < 1.29 is 23.7 Å². The average molecular weight is 340 g/mol. The van der Waals surface area contributed by atoms with Gasteiger partial charge >= 0.3 is 5.97 Å². The molecule has 0 spiro atoms. The minimum Gasteiger partial charge on any atom is -0.497 e. The number of benzene rings is 2. The van der Waals surface area contributed by atoms with Gasteiger partial charge in [0, 0.05) is 30.5 Å². The lowest BCUT2D eigenvalue weighted by Gasteiger charge is -2.07. The summed E-state index contributed by atoms with van der Waals surface area (Å²) < 4.78 is 21.7. The van der Waals surface area contributed by atoms with Gasteiger partial charge in [0.2, 0.25) is 0 Å². The standard InChI is InChI=1S/C20H20O5/c1-4-20(21)25-15-6-5-14-10-18(24-19(14)12-15)9-13-7-16(22-2)11-17(8-13)23-3/h5-9,11-12H,4,10H2,1-3H3. The molecule has 0 unspecified atom stereocenters. The molecule has 0 amide bonds. The van der Waals surface area contributed by atoms with Crippen LogP contribution in [0.1, 0.15) is 24.5 Å². The van der Waals surface area contributed by atoms with Crippen molar-refractivity contribution in [2.24, 2.45) is 0 Å². The van der Waals surface area contributed by atoms with E-state index in [-0.39, 0.29) is 5.97 Å². The molecule has 0 fully saturated rings. The summed E-state index contributed by atoms with van der Waals surface area (Å²) in [5, 5.41) is 0. The molecule has 0 aliphatic carbocycles. The van der Waals surface area contributed by atoms with Gasteiger partial charge in [0.25, 0.3) is 0 Å². The first kappa shape index (κ1) is 16.9. The van der Waals surface area contributed by atoms with Crippen LogP contribution in [0.15, 0.2) is 42.2 Å². The Morgan fingerprint density at radius 1 is 1.08 bits per heavy atom. The summed E-state index contributed by atoms with van der Waals surface area (Å²) in [5.41, 5.74) is 1.98. The van der Waals surface area contributed by atoms with E-state index in [0.29, 0.717) is 24.3 Å². The van der Waals surface area contributed by atoms with Gasteiger partial charge in [0.15, 0.2) is 0 Å². The molecule has 2 aromatic carbocycles. The number of esters is 1. The SMILES string of the molecule is CCC(=O)Oc1ccc2c(c1)OC(=Cc1cc(OC)cc(OC)c1)C2. The zero-order valence-corrected chi connectivity index (χ0v) is 14.5. The molecule has 0 saturated carbocycles. The Morgan fingerprint density at radius 2 is 1.80 bits per heavy atom. The molecule has 25 heavy (non-hydrogen) atoms. The van der Waals surface area contributed by atoms with E-state index in [9.17, 15) is 4.79 Å². The molecule has 5 heteroatoms. The van der Waals surface area contributed by atoms with Crippen LogP contribution < -0.4 is 18.9 Å². The van der Waals surface area contributed by atoms with Crippen LogP contribution in [0.25, 0.3) is 6.08 Å². The van der Waals surface area contributed by atoms with E-state index < -0.39 is 0 Å². The summed E-state index contributed by atoms with van der Waals surface area (Å²) in [6, 6.07) is 11.1. The number of hydrogen-bond acceptors (Lipinski definition) is 5. The molecule has 1 aliphatic heterocycles. The molecule has 1 heterocycles. The summed E-state index contributed by atoms with van der Waals surface area (Å²) in [6.45, 7) is 1.76. The highest BCUT2D eigenvalue weighted by Crippen LogP contribution is 2.35. The van der Waals surface area contributed by atoms with Gasteiger partial charge in [-0.3, -0.25) is 4.79 Å². The van der Waals surface area contributed by atoms with Gasteiger partial charge in [0.05, 0.1) is 14.2 Å². The summed E-state index contributed by atoms with van der Waals surface area (Å²) in [7, 11) is 3.24. The Morgan fingerprint density at radius 3 is 2.44 bits per heavy atom. The molecule has 5 nitrogen and oxygen atoms in total. The van der Waals surface area contributed by atoms with Gasteiger partial charge in [-0.25, -0.2) is 0 Å². The number of carbonyl (C=O) groups is 1. The lowest BCUT2D eigenvalue weighted by atomic mass is 10.1. The van der Waals surface area contributed by atoms with Crippen LogP contribution in [0.4, 0.5) is 0 Å². The third kappa shape index (κ3) is 3.94. The summed E-state index contributed by atoms with van der Waals surface area (Å²) in [4.78, 5) is 11.4. The molecule has 0 aromatic heterocycles. The fourth-order valence-corrected chi connectivity index (χ4v) is 2.59. The Labute approximate surface area is 146 Å². The molecular formula is C20H20O5. The molecule has 1 aliphatic rings. The predicted octanol–water partition coefficient (Wildman–Crippen LogP) is 4.00. The molecular weight excluding hydrogens is 320 g/mol. The van der Waals surface area contributed by atoms with Gasteiger partial charge < -0.3 is 18.9 Å². The van der Waals surface area contributed by atoms with Crippen molar-refractivity contribution in [2.75, 3.05) is 14.2 Å². The van der Waals surface area contributed by atoms with Gasteiger partial charge in [-0.05, 0) is 29.8 Å². The Kier molecular flexibility index (Phi) is 4.93. The monoisotopic (exact) mass is 340 g/mol. The number of rotatable bonds is 5. The molecule has 0 radical (unpaired) electrons. The summed E-state index contributed by atoms with van der Waals surface area (Å²) in [5.74, 6) is 3.19. The highest BCUT2D eigenvalue weighted by atomic mass is 16.5. The van der Waals surface area contributed by atoms with Gasteiger partial charge in [-0.2, -0.15) is 0 Å². The predicted molar refractivity (Wildman–Crippen MR) is 94.2 cm³/mol. The van der Waals surface area contributed by atoms with E-state index in [4.69, 9.17) is 18.9 Å². The average Bonchev–Trinajstić information content (AvgIpc) is 3.02. The molecule has 0 bridgehead atoms. The number of methoxy groups -OCH3 is 2. The first-order chi connectivity index (χ1) is 12.1. The van der Waals surface area contributed by atoms with Crippen LogP contribution in [-0.4, -0.2) is 20.2 Å². The minimum atomic E-state index is -0.266. The number of fused-ring (bicyclic) bond motifs is 1. The summed E-state index contributed by atoms with van der Waals surface area (Å²) >= 11 is 0. The van der Waals surface area contributed by atoms with Crippen LogP contribution >= 0.6 is 0 Å². The lowest BCUT2D eigenvalue weighted by Crippen LogP contribution is -2.05. The smallest absolute Gasteiger partial charge is 0.310 e. The first-order valence-corrected chi connectivity index (χ1v) is 8.06. The van der Waals surface area contributed by atoms with Crippen LogP contribution in [0, 0.1) is 0 Å². The highest BCUT2D eigenvalue weighted by Gasteiger charge is 2.19. The third-order valence-electron chi connectivity index (χ3n) is 3.87. The van der Waals surface area contributed by atoms with Crippen LogP contribution in [0.3, 0.4) is 0 Å². The fourth-order valence-electron chi connectivity index (χ4n) is 2.59. The number of carbonyl (C=O) groups excluding carboxylic acids is 1. The largest absolute Gasteiger partial charge is 0.497 e. The lowest BCUT2D eigenvalue weighted by molar-refractivity contribution is -0.134. The third-order valence-corrected chi connectivity index (χ3v) is 3.87. The van der Waals surface area contributed by atoms with E-state index in [1.807, 2.05) is 30.3 Å². The van der Waals surface area contributed by atoms with E-state index in [1.54, 1.807) is 33.3 Å². The van der Waals surface area contributed by atoms with Crippen LogP contribution in [0.2, 0.25) is 0 Å². The zero-order chi connectivity index (χ0) is 17.8. The van der Waals surface area contributed by atoms with E-state index in [1.165, 1.54) is 0 Å². The van der Waals surface area contributed by atoms with E-state index in [0.717, 1.165) is 28.4 Å².